The predicted octanol–water partition coefficient (Wildman–Crippen LogP) is 14.4. The zero-order valence-electron chi connectivity index (χ0n) is 28.4. The van der Waals surface area contributed by atoms with Crippen molar-refractivity contribution in [2.24, 2.45) is 0 Å². The van der Waals surface area contributed by atoms with Gasteiger partial charge >= 0.3 is 0 Å². The molecule has 10 rings (SSSR count). The number of hydrogen-bond acceptors (Lipinski definition) is 2. The highest BCUT2D eigenvalue weighted by molar-refractivity contribution is 6.23. The molecule has 244 valence electrons. The fourth-order valence-corrected chi connectivity index (χ4v) is 7.88. The van der Waals surface area contributed by atoms with Crippen LogP contribution in [-0.2, 0) is 0 Å². The van der Waals surface area contributed by atoms with Gasteiger partial charge in [-0.15, -0.1) is 0 Å². The second-order valence-electron chi connectivity index (χ2n) is 13.3. The van der Waals surface area contributed by atoms with E-state index in [2.05, 4.69) is 205 Å². The number of hydrogen-bond donors (Lipinski definition) is 0. The average Bonchev–Trinajstić information content (AvgIpc) is 3.61. The highest BCUT2D eigenvalue weighted by Crippen LogP contribution is 2.49. The van der Waals surface area contributed by atoms with E-state index in [1.807, 2.05) is 0 Å². The molecule has 0 atom stereocenters. The van der Waals surface area contributed by atoms with E-state index in [-0.39, 0.29) is 0 Å². The second kappa shape index (κ2) is 12.5. The standard InChI is InChI=1S/C50H33NO/c1-3-17-35(18-4-1)39-22-9-10-24-41(39)43-27-15-29-48-49(43)45-33-47(42-25-11-12-26-44(42)50(45)52-48)51(38-31-30-34-16-7-8-21-37(34)32-38)46-28-14-13-23-40(46)36-19-5-2-6-20-36/h1-33H. The van der Waals surface area contributed by atoms with Crippen molar-refractivity contribution < 1.29 is 4.42 Å². The van der Waals surface area contributed by atoms with Crippen LogP contribution in [0.4, 0.5) is 17.1 Å². The Morgan fingerprint density at radius 2 is 0.942 bits per heavy atom. The molecule has 0 spiro atoms. The Kier molecular flexibility index (Phi) is 7.18. The molecule has 2 nitrogen and oxygen atoms in total. The molecule has 0 fully saturated rings. The van der Waals surface area contributed by atoms with Crippen molar-refractivity contribution in [1.29, 1.82) is 0 Å². The van der Waals surface area contributed by atoms with E-state index >= 15 is 0 Å². The van der Waals surface area contributed by atoms with Crippen molar-refractivity contribution in [2.45, 2.75) is 0 Å². The Labute approximate surface area is 302 Å². The summed E-state index contributed by atoms with van der Waals surface area (Å²) in [5.41, 5.74) is 12.1. The van der Waals surface area contributed by atoms with Gasteiger partial charge in [0, 0.05) is 32.8 Å². The van der Waals surface area contributed by atoms with Crippen LogP contribution < -0.4 is 4.90 Å². The Bertz CT molecular complexity index is 2910. The summed E-state index contributed by atoms with van der Waals surface area (Å²) in [4.78, 5) is 2.44. The molecule has 1 heterocycles. The lowest BCUT2D eigenvalue weighted by molar-refractivity contribution is 0.673. The molecule has 0 bridgehead atoms. The minimum atomic E-state index is 0.875. The van der Waals surface area contributed by atoms with Crippen LogP contribution in [0.5, 0.6) is 0 Å². The summed E-state index contributed by atoms with van der Waals surface area (Å²) < 4.78 is 6.85. The van der Waals surface area contributed by atoms with Gasteiger partial charge in [-0.2, -0.15) is 0 Å². The maximum atomic E-state index is 6.85. The number of rotatable bonds is 6. The number of nitrogens with zero attached hydrogens (tertiary/aromatic N) is 1. The summed E-state index contributed by atoms with van der Waals surface area (Å²) in [6.07, 6.45) is 0. The Balaban J connectivity index is 1.31. The lowest BCUT2D eigenvalue weighted by Gasteiger charge is -2.29. The Morgan fingerprint density at radius 3 is 1.73 bits per heavy atom. The van der Waals surface area contributed by atoms with Gasteiger partial charge in [-0.1, -0.05) is 170 Å². The van der Waals surface area contributed by atoms with Crippen molar-refractivity contribution in [3.8, 4) is 33.4 Å². The molecule has 10 aromatic rings. The van der Waals surface area contributed by atoms with Gasteiger partial charge in [-0.05, 0) is 68.9 Å². The monoisotopic (exact) mass is 663 g/mol. The molecule has 2 heteroatoms. The van der Waals surface area contributed by atoms with E-state index in [1.54, 1.807) is 0 Å². The van der Waals surface area contributed by atoms with Gasteiger partial charge in [0.15, 0.2) is 0 Å². The Morgan fingerprint density at radius 1 is 0.346 bits per heavy atom. The zero-order chi connectivity index (χ0) is 34.4. The number of furan rings is 1. The topological polar surface area (TPSA) is 16.4 Å². The smallest absolute Gasteiger partial charge is 0.143 e. The number of benzene rings is 9. The lowest BCUT2D eigenvalue weighted by atomic mass is 9.91. The first kappa shape index (κ1) is 30.0. The van der Waals surface area contributed by atoms with E-state index in [0.29, 0.717) is 0 Å². The van der Waals surface area contributed by atoms with Gasteiger partial charge in [0.2, 0.25) is 0 Å². The first-order chi connectivity index (χ1) is 25.8. The zero-order valence-corrected chi connectivity index (χ0v) is 28.4. The van der Waals surface area contributed by atoms with Gasteiger partial charge < -0.3 is 9.32 Å². The molecule has 0 unspecified atom stereocenters. The third kappa shape index (κ3) is 4.96. The summed E-state index contributed by atoms with van der Waals surface area (Å²) in [6, 6.07) is 71.6. The molecule has 9 aromatic carbocycles. The molecule has 0 aliphatic heterocycles. The predicted molar refractivity (Wildman–Crippen MR) is 220 cm³/mol. The molecule has 0 aliphatic rings. The van der Waals surface area contributed by atoms with E-state index in [0.717, 1.165) is 60.9 Å². The minimum Gasteiger partial charge on any atom is -0.455 e. The molecule has 52 heavy (non-hydrogen) atoms. The van der Waals surface area contributed by atoms with Crippen LogP contribution in [0.1, 0.15) is 0 Å². The van der Waals surface area contributed by atoms with Crippen LogP contribution in [0.15, 0.2) is 205 Å². The van der Waals surface area contributed by atoms with Crippen LogP contribution in [-0.4, -0.2) is 0 Å². The first-order valence-electron chi connectivity index (χ1n) is 17.8. The summed E-state index contributed by atoms with van der Waals surface area (Å²) in [5, 5.41) is 6.81. The second-order valence-corrected chi connectivity index (χ2v) is 13.3. The molecule has 0 saturated heterocycles. The van der Waals surface area contributed by atoms with Gasteiger partial charge in [0.25, 0.3) is 0 Å². The van der Waals surface area contributed by atoms with Crippen LogP contribution in [0.2, 0.25) is 0 Å². The summed E-state index contributed by atoms with van der Waals surface area (Å²) in [7, 11) is 0. The fourth-order valence-electron chi connectivity index (χ4n) is 7.88. The highest BCUT2D eigenvalue weighted by atomic mass is 16.3. The SMILES string of the molecule is c1ccc(-c2ccccc2-c2cccc3oc4c5ccccc5c(N(c5ccc6ccccc6c5)c5ccccc5-c5ccccc5)cc4c23)cc1. The maximum Gasteiger partial charge on any atom is 0.143 e. The van der Waals surface area contributed by atoms with Crippen LogP contribution >= 0.6 is 0 Å². The van der Waals surface area contributed by atoms with E-state index in [9.17, 15) is 0 Å². The van der Waals surface area contributed by atoms with Gasteiger partial charge in [-0.25, -0.2) is 0 Å². The van der Waals surface area contributed by atoms with Crippen molar-refractivity contribution in [2.75, 3.05) is 4.90 Å². The summed E-state index contributed by atoms with van der Waals surface area (Å²) >= 11 is 0. The third-order valence-corrected chi connectivity index (χ3v) is 10.2. The van der Waals surface area contributed by atoms with Gasteiger partial charge in [-0.3, -0.25) is 0 Å². The minimum absolute atomic E-state index is 0.875. The van der Waals surface area contributed by atoms with Crippen molar-refractivity contribution in [1.82, 2.24) is 0 Å². The van der Waals surface area contributed by atoms with Crippen LogP contribution in [0.25, 0.3) is 76.9 Å². The molecule has 0 saturated carbocycles. The lowest BCUT2D eigenvalue weighted by Crippen LogP contribution is -2.12. The van der Waals surface area contributed by atoms with Crippen molar-refractivity contribution in [3.63, 3.8) is 0 Å². The third-order valence-electron chi connectivity index (χ3n) is 10.2. The molecule has 0 N–H and O–H groups in total. The quantitative estimate of drug-likeness (QED) is 0.176. The molecule has 0 radical (unpaired) electrons. The fraction of sp³-hybridized carbons (Fsp3) is 0. The van der Waals surface area contributed by atoms with E-state index in [4.69, 9.17) is 4.42 Å². The van der Waals surface area contributed by atoms with Gasteiger partial charge in [0.05, 0.1) is 11.4 Å². The molecule has 0 amide bonds. The van der Waals surface area contributed by atoms with Crippen LogP contribution in [0, 0.1) is 0 Å². The number of para-hydroxylation sites is 1. The molecule has 1 aromatic heterocycles. The number of fused-ring (bicyclic) bond motifs is 6. The molecule has 0 aliphatic carbocycles. The molecular formula is C50H33NO. The van der Waals surface area contributed by atoms with Crippen molar-refractivity contribution in [3.05, 3.63) is 200 Å². The highest BCUT2D eigenvalue weighted by Gasteiger charge is 2.24. The van der Waals surface area contributed by atoms with E-state index in [1.165, 1.54) is 33.0 Å². The normalized spacial score (nSPS) is 11.5. The average molecular weight is 664 g/mol. The summed E-state index contributed by atoms with van der Waals surface area (Å²) in [5.74, 6) is 0. The maximum absolute atomic E-state index is 6.85. The van der Waals surface area contributed by atoms with Crippen molar-refractivity contribution >= 4 is 60.5 Å². The summed E-state index contributed by atoms with van der Waals surface area (Å²) in [6.45, 7) is 0. The van der Waals surface area contributed by atoms with E-state index < -0.39 is 0 Å². The largest absolute Gasteiger partial charge is 0.455 e. The Hall–Kier alpha value is -6.90. The molecular weight excluding hydrogens is 631 g/mol. The van der Waals surface area contributed by atoms with Crippen LogP contribution in [0.3, 0.4) is 0 Å². The number of anilines is 3. The first-order valence-corrected chi connectivity index (χ1v) is 17.8. The van der Waals surface area contributed by atoms with Gasteiger partial charge in [0.1, 0.15) is 11.2 Å².